The first-order valence-corrected chi connectivity index (χ1v) is 6.41. The van der Waals surface area contributed by atoms with E-state index in [1.807, 2.05) is 0 Å². The minimum atomic E-state index is 0.351. The minimum absolute atomic E-state index is 0.351. The Kier molecular flexibility index (Phi) is 5.60. The second kappa shape index (κ2) is 6.74. The molecule has 0 radical (unpaired) electrons. The fraction of sp³-hybridized carbons (Fsp3) is 0.917. The van der Waals surface area contributed by atoms with Crippen LogP contribution in [0.1, 0.15) is 46.0 Å². The lowest BCUT2D eigenvalue weighted by molar-refractivity contribution is 0.185. The van der Waals surface area contributed by atoms with E-state index < -0.39 is 0 Å². The number of rotatable bonds is 8. The summed E-state index contributed by atoms with van der Waals surface area (Å²) in [5, 5.41) is 11.7. The third kappa shape index (κ3) is 4.39. The third-order valence-electron chi connectivity index (χ3n) is 3.26. The van der Waals surface area contributed by atoms with Crippen molar-refractivity contribution in [2.45, 2.75) is 52.0 Å². The van der Waals surface area contributed by atoms with E-state index in [2.05, 4.69) is 23.9 Å². The van der Waals surface area contributed by atoms with Crippen LogP contribution in [0.5, 0.6) is 0 Å². The number of nitrogens with zero attached hydrogens (tertiary/aromatic N) is 2. The highest BCUT2D eigenvalue weighted by molar-refractivity contribution is 5.80. The molecule has 0 saturated heterocycles. The van der Waals surface area contributed by atoms with Crippen LogP contribution in [-0.2, 0) is 0 Å². The summed E-state index contributed by atoms with van der Waals surface area (Å²) in [7, 11) is 0. The second-order valence-electron chi connectivity index (χ2n) is 4.80. The van der Waals surface area contributed by atoms with Crippen molar-refractivity contribution in [3.05, 3.63) is 0 Å². The molecule has 0 heterocycles. The molecule has 0 aromatic heterocycles. The molecule has 1 atom stereocenters. The smallest absolute Gasteiger partial charge is 0.140 e. The van der Waals surface area contributed by atoms with Gasteiger partial charge in [0.25, 0.3) is 0 Å². The first kappa shape index (κ1) is 13.3. The Hall–Kier alpha value is -0.770. The van der Waals surface area contributed by atoms with Crippen LogP contribution in [-0.4, -0.2) is 35.1 Å². The predicted molar refractivity (Wildman–Crippen MR) is 66.7 cm³/mol. The Morgan fingerprint density at radius 3 is 2.62 bits per heavy atom. The second-order valence-corrected chi connectivity index (χ2v) is 4.80. The molecule has 0 spiro atoms. The Balaban J connectivity index is 2.48. The molecule has 0 aliphatic heterocycles. The van der Waals surface area contributed by atoms with E-state index in [0.29, 0.717) is 18.3 Å². The molecular formula is C12H25N3O. The zero-order chi connectivity index (χ0) is 12.0. The summed E-state index contributed by atoms with van der Waals surface area (Å²) in [5.74, 6) is 1.25. The van der Waals surface area contributed by atoms with Gasteiger partial charge in [0, 0.05) is 19.0 Å². The van der Waals surface area contributed by atoms with Gasteiger partial charge in [0.2, 0.25) is 0 Å². The average Bonchev–Trinajstić information content (AvgIpc) is 3.09. The normalized spacial score (nSPS) is 19.1. The number of hydrogen-bond acceptors (Lipinski definition) is 3. The zero-order valence-electron chi connectivity index (χ0n) is 10.5. The topological polar surface area (TPSA) is 61.8 Å². The molecule has 94 valence electrons. The Bertz CT molecular complexity index is 226. The van der Waals surface area contributed by atoms with E-state index >= 15 is 0 Å². The van der Waals surface area contributed by atoms with Crippen LogP contribution in [0.25, 0.3) is 0 Å². The highest BCUT2D eigenvalue weighted by Crippen LogP contribution is 2.31. The first-order valence-electron chi connectivity index (χ1n) is 6.41. The van der Waals surface area contributed by atoms with Gasteiger partial charge in [-0.2, -0.15) is 0 Å². The van der Waals surface area contributed by atoms with Crippen molar-refractivity contribution in [3.8, 4) is 0 Å². The van der Waals surface area contributed by atoms with Gasteiger partial charge in [0.15, 0.2) is 0 Å². The predicted octanol–water partition coefficient (Wildman–Crippen LogP) is 2.02. The van der Waals surface area contributed by atoms with Gasteiger partial charge in [0.1, 0.15) is 5.84 Å². The molecule has 1 aliphatic carbocycles. The van der Waals surface area contributed by atoms with Gasteiger partial charge in [-0.1, -0.05) is 19.0 Å². The van der Waals surface area contributed by atoms with Crippen LogP contribution < -0.4 is 5.73 Å². The van der Waals surface area contributed by atoms with Gasteiger partial charge in [-0.25, -0.2) is 0 Å². The molecule has 4 nitrogen and oxygen atoms in total. The van der Waals surface area contributed by atoms with Crippen LogP contribution in [0, 0.1) is 5.92 Å². The monoisotopic (exact) mass is 227 g/mol. The van der Waals surface area contributed by atoms with Crippen molar-refractivity contribution in [2.75, 3.05) is 13.1 Å². The van der Waals surface area contributed by atoms with E-state index in [-0.39, 0.29) is 0 Å². The molecule has 4 heteroatoms. The molecular weight excluding hydrogens is 202 g/mol. The Labute approximate surface area is 98.5 Å². The molecule has 1 aliphatic rings. The van der Waals surface area contributed by atoms with Crippen molar-refractivity contribution in [3.63, 3.8) is 0 Å². The van der Waals surface area contributed by atoms with Crippen LogP contribution in [0.2, 0.25) is 0 Å². The van der Waals surface area contributed by atoms with Crippen LogP contribution in [0.15, 0.2) is 5.16 Å². The number of amidine groups is 1. The zero-order valence-corrected chi connectivity index (χ0v) is 10.5. The maximum Gasteiger partial charge on any atom is 0.140 e. The fourth-order valence-corrected chi connectivity index (χ4v) is 2.16. The van der Waals surface area contributed by atoms with E-state index in [4.69, 9.17) is 10.9 Å². The summed E-state index contributed by atoms with van der Waals surface area (Å²) < 4.78 is 0. The van der Waals surface area contributed by atoms with Crippen LogP contribution >= 0.6 is 0 Å². The summed E-state index contributed by atoms with van der Waals surface area (Å²) >= 11 is 0. The largest absolute Gasteiger partial charge is 0.409 e. The lowest BCUT2D eigenvalue weighted by Gasteiger charge is -2.30. The maximum absolute atomic E-state index is 8.63. The average molecular weight is 227 g/mol. The standard InChI is InChI=1S/C12H25N3O/c1-3-7-15(9-10-5-6-10)11(4-2)8-12(13)14-16/h10-11,16H,3-9H2,1-2H3,(H2,13,14). The molecule has 3 N–H and O–H groups in total. The fourth-order valence-electron chi connectivity index (χ4n) is 2.16. The minimum Gasteiger partial charge on any atom is -0.409 e. The highest BCUT2D eigenvalue weighted by atomic mass is 16.4. The molecule has 0 aromatic rings. The molecule has 0 amide bonds. The van der Waals surface area contributed by atoms with Crippen molar-refractivity contribution < 1.29 is 5.21 Å². The molecule has 16 heavy (non-hydrogen) atoms. The van der Waals surface area contributed by atoms with E-state index in [1.165, 1.54) is 25.8 Å². The Morgan fingerprint density at radius 2 is 2.19 bits per heavy atom. The number of hydrogen-bond donors (Lipinski definition) is 2. The molecule has 1 unspecified atom stereocenters. The van der Waals surface area contributed by atoms with Crippen molar-refractivity contribution in [1.29, 1.82) is 0 Å². The summed E-state index contributed by atoms with van der Waals surface area (Å²) in [6, 6.07) is 0.427. The third-order valence-corrected chi connectivity index (χ3v) is 3.26. The molecule has 0 aromatic carbocycles. The van der Waals surface area contributed by atoms with Crippen molar-refractivity contribution >= 4 is 5.84 Å². The van der Waals surface area contributed by atoms with Gasteiger partial charge in [-0.3, -0.25) is 4.90 Å². The van der Waals surface area contributed by atoms with Gasteiger partial charge >= 0.3 is 0 Å². The van der Waals surface area contributed by atoms with Gasteiger partial charge in [-0.05, 0) is 38.1 Å². The summed E-state index contributed by atoms with van der Waals surface area (Å²) in [4.78, 5) is 2.51. The summed E-state index contributed by atoms with van der Waals surface area (Å²) in [6.45, 7) is 6.68. The number of oxime groups is 1. The highest BCUT2D eigenvalue weighted by Gasteiger charge is 2.27. The SMILES string of the molecule is CCCN(CC1CC1)C(CC)C/C(N)=N/O. The lowest BCUT2D eigenvalue weighted by atomic mass is 10.1. The summed E-state index contributed by atoms with van der Waals surface area (Å²) in [5.41, 5.74) is 5.60. The molecule has 0 bridgehead atoms. The lowest BCUT2D eigenvalue weighted by Crippen LogP contribution is -2.39. The van der Waals surface area contributed by atoms with E-state index in [1.54, 1.807) is 0 Å². The van der Waals surface area contributed by atoms with Gasteiger partial charge < -0.3 is 10.9 Å². The van der Waals surface area contributed by atoms with Gasteiger partial charge in [0.05, 0.1) is 0 Å². The van der Waals surface area contributed by atoms with E-state index in [0.717, 1.165) is 18.9 Å². The summed E-state index contributed by atoms with van der Waals surface area (Å²) in [6.07, 6.45) is 5.66. The molecule has 1 fully saturated rings. The van der Waals surface area contributed by atoms with E-state index in [9.17, 15) is 0 Å². The Morgan fingerprint density at radius 1 is 1.50 bits per heavy atom. The molecule has 1 saturated carbocycles. The van der Waals surface area contributed by atoms with Crippen LogP contribution in [0.3, 0.4) is 0 Å². The maximum atomic E-state index is 8.63. The van der Waals surface area contributed by atoms with Gasteiger partial charge in [-0.15, -0.1) is 0 Å². The first-order chi connectivity index (χ1) is 7.71. The van der Waals surface area contributed by atoms with Crippen molar-refractivity contribution in [1.82, 2.24) is 4.90 Å². The van der Waals surface area contributed by atoms with Crippen LogP contribution in [0.4, 0.5) is 0 Å². The number of nitrogens with two attached hydrogens (primary N) is 1. The quantitative estimate of drug-likeness (QED) is 0.289. The molecule has 1 rings (SSSR count). The van der Waals surface area contributed by atoms with Crippen molar-refractivity contribution in [2.24, 2.45) is 16.8 Å².